The number of allylic oxidation sites excluding steroid dienone is 1. The first-order valence-corrected chi connectivity index (χ1v) is 12.5. The van der Waals surface area contributed by atoms with Gasteiger partial charge in [0.25, 0.3) is 0 Å². The number of carbonyl (C=O) groups is 2. The molecular weight excluding hydrogens is 408 g/mol. The number of rotatable bonds is 8. The van der Waals surface area contributed by atoms with Crippen molar-refractivity contribution < 1.29 is 29.3 Å². The molecule has 0 aromatic heterocycles. The zero-order chi connectivity index (χ0) is 23.1. The van der Waals surface area contributed by atoms with Gasteiger partial charge in [0.15, 0.2) is 11.6 Å². The molecule has 4 aliphatic rings. The molecule has 0 bridgehead atoms. The van der Waals surface area contributed by atoms with E-state index in [0.717, 1.165) is 38.5 Å². The van der Waals surface area contributed by atoms with Gasteiger partial charge in [0.05, 0.1) is 6.10 Å². The van der Waals surface area contributed by atoms with E-state index in [1.807, 2.05) is 6.08 Å². The summed E-state index contributed by atoms with van der Waals surface area (Å²) in [5.41, 5.74) is -0.629. The molecule has 0 radical (unpaired) electrons. The molecule has 6 nitrogen and oxygen atoms in total. The molecule has 4 rings (SSSR count). The number of carbonyl (C=O) groups excluding carboxylic acids is 2. The molecule has 0 aliphatic heterocycles. The van der Waals surface area contributed by atoms with Crippen LogP contribution < -0.4 is 0 Å². The van der Waals surface area contributed by atoms with Crippen LogP contribution >= 0.6 is 0 Å². The first-order chi connectivity index (χ1) is 15.2. The largest absolute Gasteiger partial charge is 0.393 e. The Balaban J connectivity index is 1.63. The van der Waals surface area contributed by atoms with Crippen molar-refractivity contribution in [2.75, 3.05) is 20.0 Å². The van der Waals surface area contributed by atoms with E-state index >= 15 is 0 Å². The average molecular weight is 449 g/mol. The van der Waals surface area contributed by atoms with Crippen molar-refractivity contribution in [2.24, 2.45) is 28.6 Å². The van der Waals surface area contributed by atoms with Crippen LogP contribution in [0.5, 0.6) is 0 Å². The number of aliphatic hydroxyl groups is 2. The fraction of sp³-hybridized carbons (Fsp3) is 0.846. The molecule has 2 N–H and O–H groups in total. The van der Waals surface area contributed by atoms with Gasteiger partial charge in [-0.2, -0.15) is 0 Å². The molecular formula is C26H40O6. The van der Waals surface area contributed by atoms with E-state index in [1.165, 1.54) is 5.57 Å². The monoisotopic (exact) mass is 448 g/mol. The summed E-state index contributed by atoms with van der Waals surface area (Å²) in [6, 6.07) is 0. The number of ketones is 2. The normalized spacial score (nSPS) is 43.3. The summed E-state index contributed by atoms with van der Waals surface area (Å²) in [6.45, 7) is 6.46. The third-order valence-electron chi connectivity index (χ3n) is 9.64. The van der Waals surface area contributed by atoms with E-state index in [0.29, 0.717) is 25.9 Å². The number of hydrogen-bond donors (Lipinski definition) is 2. The van der Waals surface area contributed by atoms with Crippen molar-refractivity contribution in [1.82, 2.24) is 0 Å². The topological polar surface area (TPSA) is 93.1 Å². The SMILES string of the molecule is CCCCOCO[C@]1(C(=O)CO)CC[C@H]2[C@@H]3CCC4=CC(=O)CC[C@]4(C)[C@H]3[C@@H](O)C[C@@]21C. The van der Waals surface area contributed by atoms with E-state index < -0.39 is 23.7 Å². The average Bonchev–Trinajstić information content (AvgIpc) is 3.06. The van der Waals surface area contributed by atoms with Gasteiger partial charge < -0.3 is 19.7 Å². The molecule has 32 heavy (non-hydrogen) atoms. The maximum absolute atomic E-state index is 13.2. The van der Waals surface area contributed by atoms with Gasteiger partial charge in [-0.1, -0.05) is 32.8 Å². The Bertz CT molecular complexity index is 776. The van der Waals surface area contributed by atoms with Crippen LogP contribution in [-0.2, 0) is 19.1 Å². The fourth-order valence-corrected chi connectivity index (χ4v) is 8.03. The van der Waals surface area contributed by atoms with Gasteiger partial charge in [-0.15, -0.1) is 0 Å². The predicted octanol–water partition coefficient (Wildman–Crippen LogP) is 3.58. The molecule has 0 heterocycles. The lowest BCUT2D eigenvalue weighted by atomic mass is 9.45. The predicted molar refractivity (Wildman–Crippen MR) is 120 cm³/mol. The number of ether oxygens (including phenoxy) is 2. The van der Waals surface area contributed by atoms with E-state index in [1.54, 1.807) is 0 Å². The summed E-state index contributed by atoms with van der Waals surface area (Å²) in [6.07, 6.45) is 8.24. The Kier molecular flexibility index (Phi) is 6.72. The highest BCUT2D eigenvalue weighted by Crippen LogP contribution is 2.68. The Morgan fingerprint density at radius 3 is 2.72 bits per heavy atom. The summed E-state index contributed by atoms with van der Waals surface area (Å²) in [7, 11) is 0. The van der Waals surface area contributed by atoms with Crippen molar-refractivity contribution in [1.29, 1.82) is 0 Å². The number of Topliss-reactive ketones (excluding diaryl/α,β-unsaturated/α-hetero) is 1. The minimum absolute atomic E-state index is 0.0327. The van der Waals surface area contributed by atoms with E-state index in [9.17, 15) is 19.8 Å². The Morgan fingerprint density at radius 1 is 1.22 bits per heavy atom. The second kappa shape index (κ2) is 8.94. The molecule has 6 heteroatoms. The molecule has 4 aliphatic carbocycles. The molecule has 0 aromatic rings. The quantitative estimate of drug-likeness (QED) is 0.436. The third kappa shape index (κ3) is 3.53. The van der Waals surface area contributed by atoms with Gasteiger partial charge in [-0.3, -0.25) is 9.59 Å². The van der Waals surface area contributed by atoms with Crippen LogP contribution in [0.25, 0.3) is 0 Å². The molecule has 3 fully saturated rings. The zero-order valence-electron chi connectivity index (χ0n) is 19.9. The maximum atomic E-state index is 13.2. The number of hydrogen-bond acceptors (Lipinski definition) is 6. The fourth-order valence-electron chi connectivity index (χ4n) is 8.03. The van der Waals surface area contributed by atoms with Crippen LogP contribution in [0.2, 0.25) is 0 Å². The third-order valence-corrected chi connectivity index (χ3v) is 9.64. The smallest absolute Gasteiger partial charge is 0.190 e. The van der Waals surface area contributed by atoms with Crippen molar-refractivity contribution in [3.05, 3.63) is 11.6 Å². The summed E-state index contributed by atoms with van der Waals surface area (Å²) < 4.78 is 11.9. The minimum Gasteiger partial charge on any atom is -0.393 e. The van der Waals surface area contributed by atoms with Crippen molar-refractivity contribution in [2.45, 2.75) is 90.3 Å². The van der Waals surface area contributed by atoms with Crippen LogP contribution in [0, 0.1) is 28.6 Å². The summed E-state index contributed by atoms with van der Waals surface area (Å²) >= 11 is 0. The Hall–Kier alpha value is -1.08. The number of unbranched alkanes of at least 4 members (excludes halogenated alkanes) is 1. The Labute approximate surface area is 191 Å². The van der Waals surface area contributed by atoms with E-state index in [4.69, 9.17) is 9.47 Å². The van der Waals surface area contributed by atoms with Crippen LogP contribution in [0.1, 0.15) is 78.6 Å². The van der Waals surface area contributed by atoms with Crippen LogP contribution in [0.4, 0.5) is 0 Å². The number of fused-ring (bicyclic) bond motifs is 5. The molecule has 0 amide bonds. The van der Waals surface area contributed by atoms with Crippen molar-refractivity contribution in [3.8, 4) is 0 Å². The molecule has 7 atom stereocenters. The molecule has 0 spiro atoms. The lowest BCUT2D eigenvalue weighted by Crippen LogP contribution is -2.63. The summed E-state index contributed by atoms with van der Waals surface area (Å²) in [5, 5.41) is 21.4. The Morgan fingerprint density at radius 2 is 2.00 bits per heavy atom. The maximum Gasteiger partial charge on any atom is 0.190 e. The van der Waals surface area contributed by atoms with Crippen LogP contribution in [-0.4, -0.2) is 53.5 Å². The molecule has 0 unspecified atom stereocenters. The van der Waals surface area contributed by atoms with E-state index in [-0.39, 0.29) is 41.5 Å². The van der Waals surface area contributed by atoms with Crippen molar-refractivity contribution >= 4 is 11.6 Å². The first kappa shape index (κ1) is 24.1. The second-order valence-corrected chi connectivity index (χ2v) is 11.0. The minimum atomic E-state index is -1.12. The summed E-state index contributed by atoms with van der Waals surface area (Å²) in [5.74, 6) is 0.513. The zero-order valence-corrected chi connectivity index (χ0v) is 19.9. The highest BCUT2D eigenvalue weighted by atomic mass is 16.7. The molecule has 0 saturated heterocycles. The molecule has 0 aromatic carbocycles. The standard InChI is InChI=1S/C26H40O6/c1-4-5-12-31-16-32-26(22(30)15-27)11-9-20-19-7-6-17-13-18(28)8-10-24(17,2)23(19)21(29)14-25(20,26)3/h13,19-21,23,27,29H,4-12,14-16H2,1-3H3/t19-,20-,21-,23+,24-,25-,26-/m0/s1. The highest BCUT2D eigenvalue weighted by Gasteiger charge is 2.69. The lowest BCUT2D eigenvalue weighted by molar-refractivity contribution is -0.219. The number of aliphatic hydroxyl groups excluding tert-OH is 2. The van der Waals surface area contributed by atoms with Gasteiger partial charge in [0, 0.05) is 18.4 Å². The van der Waals surface area contributed by atoms with E-state index in [2.05, 4.69) is 20.8 Å². The van der Waals surface area contributed by atoms with Gasteiger partial charge in [0.1, 0.15) is 19.0 Å². The highest BCUT2D eigenvalue weighted by molar-refractivity contribution is 5.92. The second-order valence-electron chi connectivity index (χ2n) is 11.0. The molecule has 3 saturated carbocycles. The van der Waals surface area contributed by atoms with Gasteiger partial charge >= 0.3 is 0 Å². The van der Waals surface area contributed by atoms with Gasteiger partial charge in [0.2, 0.25) is 0 Å². The van der Waals surface area contributed by atoms with Gasteiger partial charge in [-0.05, 0) is 74.2 Å². The lowest BCUT2D eigenvalue weighted by Gasteiger charge is -2.61. The first-order valence-electron chi connectivity index (χ1n) is 12.5. The molecule has 180 valence electrons. The van der Waals surface area contributed by atoms with Gasteiger partial charge in [-0.25, -0.2) is 0 Å². The summed E-state index contributed by atoms with van der Waals surface area (Å²) in [4.78, 5) is 25.2. The van der Waals surface area contributed by atoms with Crippen LogP contribution in [0.15, 0.2) is 11.6 Å². The van der Waals surface area contributed by atoms with Crippen molar-refractivity contribution in [3.63, 3.8) is 0 Å². The van der Waals surface area contributed by atoms with Crippen LogP contribution in [0.3, 0.4) is 0 Å².